The molecule has 0 aliphatic heterocycles. The van der Waals surface area contributed by atoms with Crippen LogP contribution in [0.25, 0.3) is 0 Å². The Morgan fingerprint density at radius 3 is 2.73 bits per heavy atom. The lowest BCUT2D eigenvalue weighted by molar-refractivity contribution is 0.146. The van der Waals surface area contributed by atoms with E-state index in [1.54, 1.807) is 0 Å². The fraction of sp³-hybridized carbons (Fsp3) is 0.600. The zero-order chi connectivity index (χ0) is 8.48. The molecular formula is C10H16O. The number of aliphatic hydroxyl groups excluding tert-OH is 1. The lowest BCUT2D eigenvalue weighted by atomic mass is 9.72. The molecule has 0 heterocycles. The molecule has 1 aliphatic carbocycles. The fourth-order valence-corrected chi connectivity index (χ4v) is 1.42. The average molecular weight is 152 g/mol. The molecule has 11 heavy (non-hydrogen) atoms. The van der Waals surface area contributed by atoms with Gasteiger partial charge in [-0.3, -0.25) is 0 Å². The number of hydrogen-bond donors (Lipinski definition) is 1. The first kappa shape index (κ1) is 8.54. The Morgan fingerprint density at radius 2 is 2.27 bits per heavy atom. The van der Waals surface area contributed by atoms with Crippen molar-refractivity contribution in [2.75, 3.05) is 6.61 Å². The van der Waals surface area contributed by atoms with Gasteiger partial charge in [-0.05, 0) is 12.8 Å². The quantitative estimate of drug-likeness (QED) is 0.610. The van der Waals surface area contributed by atoms with Crippen LogP contribution in [0.2, 0.25) is 0 Å². The first-order valence-electron chi connectivity index (χ1n) is 4.07. The highest BCUT2D eigenvalue weighted by molar-refractivity contribution is 5.24. The van der Waals surface area contributed by atoms with E-state index in [-0.39, 0.29) is 12.0 Å². The summed E-state index contributed by atoms with van der Waals surface area (Å²) in [4.78, 5) is 0. The van der Waals surface area contributed by atoms with Gasteiger partial charge in [-0.15, -0.1) is 0 Å². The second-order valence-electron chi connectivity index (χ2n) is 3.66. The van der Waals surface area contributed by atoms with Gasteiger partial charge in [0, 0.05) is 5.41 Å². The molecule has 62 valence electrons. The summed E-state index contributed by atoms with van der Waals surface area (Å²) in [5, 5.41) is 9.16. The summed E-state index contributed by atoms with van der Waals surface area (Å²) in [6.07, 6.45) is 6.23. The lowest BCUT2D eigenvalue weighted by Crippen LogP contribution is -2.29. The van der Waals surface area contributed by atoms with Crippen LogP contribution in [0.4, 0.5) is 0 Å². The number of rotatable bonds is 1. The molecule has 0 amide bonds. The molecule has 2 unspecified atom stereocenters. The van der Waals surface area contributed by atoms with Crippen LogP contribution in [0.15, 0.2) is 23.8 Å². The van der Waals surface area contributed by atoms with Gasteiger partial charge < -0.3 is 5.11 Å². The van der Waals surface area contributed by atoms with Crippen molar-refractivity contribution >= 4 is 0 Å². The van der Waals surface area contributed by atoms with Gasteiger partial charge in [-0.2, -0.15) is 0 Å². The molecule has 1 aliphatic rings. The van der Waals surface area contributed by atoms with Crippen LogP contribution in [-0.4, -0.2) is 11.7 Å². The Kier molecular flexibility index (Phi) is 2.19. The van der Waals surface area contributed by atoms with Crippen LogP contribution < -0.4 is 0 Å². The van der Waals surface area contributed by atoms with Gasteiger partial charge >= 0.3 is 0 Å². The molecule has 0 saturated heterocycles. The first-order chi connectivity index (χ1) is 5.10. The maximum Gasteiger partial charge on any atom is 0.0525 e. The maximum atomic E-state index is 9.16. The van der Waals surface area contributed by atoms with Crippen molar-refractivity contribution in [2.45, 2.75) is 20.8 Å². The minimum Gasteiger partial charge on any atom is -0.395 e. The second-order valence-corrected chi connectivity index (χ2v) is 3.66. The molecule has 0 aromatic carbocycles. The van der Waals surface area contributed by atoms with Gasteiger partial charge in [0.05, 0.1) is 6.61 Å². The van der Waals surface area contributed by atoms with E-state index in [1.165, 1.54) is 5.57 Å². The summed E-state index contributed by atoms with van der Waals surface area (Å²) in [5.41, 5.74) is 1.31. The third-order valence-electron chi connectivity index (χ3n) is 2.85. The second kappa shape index (κ2) is 2.82. The van der Waals surface area contributed by atoms with E-state index >= 15 is 0 Å². The summed E-state index contributed by atoms with van der Waals surface area (Å²) < 4.78 is 0. The number of hydrogen-bond acceptors (Lipinski definition) is 1. The molecular weight excluding hydrogens is 136 g/mol. The van der Waals surface area contributed by atoms with Crippen LogP contribution in [0.1, 0.15) is 20.8 Å². The summed E-state index contributed by atoms with van der Waals surface area (Å²) in [7, 11) is 0. The molecule has 0 bridgehead atoms. The normalized spacial score (nSPS) is 37.1. The molecule has 0 radical (unpaired) electrons. The van der Waals surface area contributed by atoms with Gasteiger partial charge in [-0.1, -0.05) is 37.6 Å². The largest absolute Gasteiger partial charge is 0.395 e. The molecule has 0 aromatic heterocycles. The Labute approximate surface area is 68.4 Å². The third kappa shape index (κ3) is 1.38. The standard InChI is InChI=1S/C10H16O/c1-8-5-4-6-10(3,7-11)9(8)2/h4-6,9,11H,7H2,1-3H3. The van der Waals surface area contributed by atoms with Crippen LogP contribution in [0.3, 0.4) is 0 Å². The van der Waals surface area contributed by atoms with E-state index in [0.29, 0.717) is 5.92 Å². The first-order valence-corrected chi connectivity index (χ1v) is 4.07. The van der Waals surface area contributed by atoms with E-state index in [4.69, 9.17) is 5.11 Å². The molecule has 0 fully saturated rings. The Hall–Kier alpha value is -0.560. The third-order valence-corrected chi connectivity index (χ3v) is 2.85. The molecule has 1 N–H and O–H groups in total. The maximum absolute atomic E-state index is 9.16. The smallest absolute Gasteiger partial charge is 0.0525 e. The van der Waals surface area contributed by atoms with Crippen molar-refractivity contribution in [2.24, 2.45) is 11.3 Å². The van der Waals surface area contributed by atoms with E-state index in [0.717, 1.165) is 0 Å². The van der Waals surface area contributed by atoms with Crippen molar-refractivity contribution in [1.82, 2.24) is 0 Å². The Bertz CT molecular complexity index is 203. The summed E-state index contributed by atoms with van der Waals surface area (Å²) >= 11 is 0. The van der Waals surface area contributed by atoms with E-state index < -0.39 is 0 Å². The topological polar surface area (TPSA) is 20.2 Å². The van der Waals surface area contributed by atoms with Crippen molar-refractivity contribution < 1.29 is 5.11 Å². The molecule has 1 heteroatoms. The zero-order valence-electron chi connectivity index (χ0n) is 7.46. The average Bonchev–Trinajstić information content (AvgIpc) is 2.00. The highest BCUT2D eigenvalue weighted by Gasteiger charge is 2.29. The highest BCUT2D eigenvalue weighted by atomic mass is 16.3. The van der Waals surface area contributed by atoms with Crippen LogP contribution in [0.5, 0.6) is 0 Å². The van der Waals surface area contributed by atoms with E-state index in [1.807, 2.05) is 6.08 Å². The summed E-state index contributed by atoms with van der Waals surface area (Å²) in [6, 6.07) is 0. The molecule has 0 saturated carbocycles. The van der Waals surface area contributed by atoms with Crippen molar-refractivity contribution in [3.63, 3.8) is 0 Å². The van der Waals surface area contributed by atoms with E-state index in [2.05, 4.69) is 32.9 Å². The summed E-state index contributed by atoms with van der Waals surface area (Å²) in [6.45, 7) is 6.59. The van der Waals surface area contributed by atoms with Gasteiger partial charge in [0.2, 0.25) is 0 Å². The predicted molar refractivity (Wildman–Crippen MR) is 47.3 cm³/mol. The van der Waals surface area contributed by atoms with Crippen LogP contribution in [-0.2, 0) is 0 Å². The molecule has 1 rings (SSSR count). The summed E-state index contributed by atoms with van der Waals surface area (Å²) in [5.74, 6) is 0.456. The van der Waals surface area contributed by atoms with Crippen molar-refractivity contribution in [1.29, 1.82) is 0 Å². The lowest BCUT2D eigenvalue weighted by Gasteiger charge is -2.33. The highest BCUT2D eigenvalue weighted by Crippen LogP contribution is 2.36. The molecule has 0 spiro atoms. The molecule has 0 aromatic rings. The zero-order valence-corrected chi connectivity index (χ0v) is 7.46. The van der Waals surface area contributed by atoms with Crippen LogP contribution >= 0.6 is 0 Å². The van der Waals surface area contributed by atoms with Crippen molar-refractivity contribution in [3.05, 3.63) is 23.8 Å². The Balaban J connectivity index is 2.88. The minimum absolute atomic E-state index is 0.0428. The van der Waals surface area contributed by atoms with Crippen LogP contribution in [0, 0.1) is 11.3 Å². The van der Waals surface area contributed by atoms with Crippen molar-refractivity contribution in [3.8, 4) is 0 Å². The number of aliphatic hydroxyl groups is 1. The van der Waals surface area contributed by atoms with Gasteiger partial charge in [-0.25, -0.2) is 0 Å². The predicted octanol–water partition coefficient (Wildman–Crippen LogP) is 2.14. The SMILES string of the molecule is CC1=CC=CC(C)(CO)C1C. The minimum atomic E-state index is -0.0428. The monoisotopic (exact) mass is 152 g/mol. The fourth-order valence-electron chi connectivity index (χ4n) is 1.42. The van der Waals surface area contributed by atoms with E-state index in [9.17, 15) is 0 Å². The van der Waals surface area contributed by atoms with Gasteiger partial charge in [0.15, 0.2) is 0 Å². The molecule has 1 nitrogen and oxygen atoms in total. The molecule has 2 atom stereocenters. The van der Waals surface area contributed by atoms with Gasteiger partial charge in [0.25, 0.3) is 0 Å². The number of allylic oxidation sites excluding steroid dienone is 3. The van der Waals surface area contributed by atoms with Gasteiger partial charge in [0.1, 0.15) is 0 Å². The Morgan fingerprint density at radius 1 is 1.64 bits per heavy atom.